The van der Waals surface area contributed by atoms with E-state index in [9.17, 15) is 4.79 Å². The van der Waals surface area contributed by atoms with Gasteiger partial charge < -0.3 is 10.8 Å². The Balaban J connectivity index is 3.14. The molecule has 0 bridgehead atoms. The molecule has 0 amide bonds. The van der Waals surface area contributed by atoms with E-state index in [1.54, 1.807) is 18.2 Å². The SMILES string of the molecule is N#Cc1c(N)cccc1CC(=O)O. The second-order valence-electron chi connectivity index (χ2n) is 2.56. The van der Waals surface area contributed by atoms with Crippen LogP contribution in [0.15, 0.2) is 18.2 Å². The molecular weight excluding hydrogens is 168 g/mol. The van der Waals surface area contributed by atoms with Crippen molar-refractivity contribution in [2.45, 2.75) is 6.42 Å². The molecule has 0 atom stereocenters. The highest BCUT2D eigenvalue weighted by atomic mass is 16.4. The molecule has 0 radical (unpaired) electrons. The van der Waals surface area contributed by atoms with Gasteiger partial charge in [-0.2, -0.15) is 5.26 Å². The van der Waals surface area contributed by atoms with Crippen molar-refractivity contribution >= 4 is 11.7 Å². The van der Waals surface area contributed by atoms with Crippen LogP contribution in [0.3, 0.4) is 0 Å². The van der Waals surface area contributed by atoms with E-state index in [2.05, 4.69) is 0 Å². The lowest BCUT2D eigenvalue weighted by atomic mass is 10.0. The normalized spacial score (nSPS) is 9.15. The van der Waals surface area contributed by atoms with Gasteiger partial charge in [0.1, 0.15) is 6.07 Å². The fourth-order valence-corrected chi connectivity index (χ4v) is 1.07. The van der Waals surface area contributed by atoms with Crippen molar-refractivity contribution < 1.29 is 9.90 Å². The van der Waals surface area contributed by atoms with Gasteiger partial charge in [-0.05, 0) is 11.6 Å². The van der Waals surface area contributed by atoms with Crippen LogP contribution in [0.2, 0.25) is 0 Å². The number of nitrogens with zero attached hydrogens (tertiary/aromatic N) is 1. The number of anilines is 1. The maximum Gasteiger partial charge on any atom is 0.307 e. The van der Waals surface area contributed by atoms with Gasteiger partial charge in [-0.3, -0.25) is 4.79 Å². The molecule has 0 aromatic heterocycles. The van der Waals surface area contributed by atoms with Crippen LogP contribution in [0.4, 0.5) is 5.69 Å². The largest absolute Gasteiger partial charge is 0.481 e. The molecule has 4 nitrogen and oxygen atoms in total. The van der Waals surface area contributed by atoms with Gasteiger partial charge in [0.05, 0.1) is 12.0 Å². The van der Waals surface area contributed by atoms with Gasteiger partial charge in [0.15, 0.2) is 0 Å². The van der Waals surface area contributed by atoms with Crippen molar-refractivity contribution in [1.82, 2.24) is 0 Å². The number of hydrogen-bond acceptors (Lipinski definition) is 3. The minimum Gasteiger partial charge on any atom is -0.481 e. The zero-order valence-corrected chi connectivity index (χ0v) is 6.82. The molecule has 0 aliphatic carbocycles. The summed E-state index contributed by atoms with van der Waals surface area (Å²) in [4.78, 5) is 10.4. The Bertz CT molecular complexity index is 380. The molecule has 66 valence electrons. The monoisotopic (exact) mass is 176 g/mol. The number of nitrogen functional groups attached to an aromatic ring is 1. The zero-order chi connectivity index (χ0) is 9.84. The molecule has 0 spiro atoms. The quantitative estimate of drug-likeness (QED) is 0.651. The molecule has 1 aromatic rings. The van der Waals surface area contributed by atoms with E-state index >= 15 is 0 Å². The first-order valence-electron chi connectivity index (χ1n) is 3.64. The second-order valence-corrected chi connectivity index (χ2v) is 2.56. The number of benzene rings is 1. The third-order valence-electron chi connectivity index (χ3n) is 1.64. The minimum atomic E-state index is -0.970. The molecule has 0 aliphatic rings. The van der Waals surface area contributed by atoms with Gasteiger partial charge in [-0.15, -0.1) is 0 Å². The van der Waals surface area contributed by atoms with Crippen LogP contribution in [0, 0.1) is 11.3 Å². The van der Waals surface area contributed by atoms with Gasteiger partial charge in [-0.25, -0.2) is 0 Å². The van der Waals surface area contributed by atoms with Crippen LogP contribution in [0.5, 0.6) is 0 Å². The fraction of sp³-hybridized carbons (Fsp3) is 0.111. The predicted octanol–water partition coefficient (Wildman–Crippen LogP) is 0.768. The lowest BCUT2D eigenvalue weighted by Crippen LogP contribution is -2.04. The average molecular weight is 176 g/mol. The fourth-order valence-electron chi connectivity index (χ4n) is 1.07. The maximum absolute atomic E-state index is 10.4. The van der Waals surface area contributed by atoms with Crippen molar-refractivity contribution in [1.29, 1.82) is 5.26 Å². The van der Waals surface area contributed by atoms with Crippen LogP contribution in [-0.2, 0) is 11.2 Å². The Morgan fingerprint density at radius 1 is 1.62 bits per heavy atom. The molecule has 0 saturated carbocycles. The van der Waals surface area contributed by atoms with Crippen LogP contribution in [-0.4, -0.2) is 11.1 Å². The van der Waals surface area contributed by atoms with Gasteiger partial charge in [0, 0.05) is 5.69 Å². The first-order chi connectivity index (χ1) is 6.15. The number of carbonyl (C=O) groups is 1. The Labute approximate surface area is 75.2 Å². The minimum absolute atomic E-state index is 0.173. The third-order valence-corrected chi connectivity index (χ3v) is 1.64. The summed E-state index contributed by atoms with van der Waals surface area (Å²) < 4.78 is 0. The molecule has 3 N–H and O–H groups in total. The number of rotatable bonds is 2. The standard InChI is InChI=1S/C9H8N2O2/c10-5-7-6(4-9(12)13)2-1-3-8(7)11/h1-3H,4,11H2,(H,12,13). The van der Waals surface area contributed by atoms with E-state index in [1.165, 1.54) is 0 Å². The molecule has 0 saturated heterocycles. The molecule has 0 aliphatic heterocycles. The topological polar surface area (TPSA) is 87.1 Å². The summed E-state index contributed by atoms with van der Waals surface area (Å²) in [6.45, 7) is 0. The van der Waals surface area contributed by atoms with Crippen molar-refractivity contribution in [2.24, 2.45) is 0 Å². The number of nitrogens with two attached hydrogens (primary N) is 1. The summed E-state index contributed by atoms with van der Waals surface area (Å²) in [6, 6.07) is 6.67. The summed E-state index contributed by atoms with van der Waals surface area (Å²) >= 11 is 0. The smallest absolute Gasteiger partial charge is 0.307 e. The highest BCUT2D eigenvalue weighted by Gasteiger charge is 2.08. The summed E-state index contributed by atoms with van der Waals surface area (Å²) in [5.74, 6) is -0.970. The van der Waals surface area contributed by atoms with Gasteiger partial charge in [0.25, 0.3) is 0 Å². The Hall–Kier alpha value is -2.02. The third kappa shape index (κ3) is 1.97. The summed E-state index contributed by atoms with van der Waals surface area (Å²) in [7, 11) is 0. The first-order valence-corrected chi connectivity index (χ1v) is 3.64. The number of nitriles is 1. The number of carboxylic acids is 1. The van der Waals surface area contributed by atoms with Gasteiger partial charge >= 0.3 is 5.97 Å². The molecule has 0 unspecified atom stereocenters. The van der Waals surface area contributed by atoms with Crippen LogP contribution >= 0.6 is 0 Å². The summed E-state index contributed by atoms with van der Waals surface area (Å²) in [6.07, 6.45) is -0.173. The lowest BCUT2D eigenvalue weighted by Gasteiger charge is -2.02. The Kier molecular flexibility index (Phi) is 2.50. The maximum atomic E-state index is 10.4. The highest BCUT2D eigenvalue weighted by molar-refractivity contribution is 5.73. The van der Waals surface area contributed by atoms with E-state index in [1.807, 2.05) is 6.07 Å². The summed E-state index contributed by atoms with van der Waals surface area (Å²) in [5, 5.41) is 17.2. The van der Waals surface area contributed by atoms with Gasteiger partial charge in [0.2, 0.25) is 0 Å². The molecule has 0 heterocycles. The first kappa shape index (κ1) is 9.07. The van der Waals surface area contributed by atoms with E-state index in [4.69, 9.17) is 16.1 Å². The molecule has 1 aromatic carbocycles. The molecule has 13 heavy (non-hydrogen) atoms. The van der Waals surface area contributed by atoms with Crippen molar-refractivity contribution in [3.63, 3.8) is 0 Å². The van der Waals surface area contributed by atoms with Crippen molar-refractivity contribution in [2.75, 3.05) is 5.73 Å². The average Bonchev–Trinajstić information content (AvgIpc) is 2.03. The predicted molar refractivity (Wildman–Crippen MR) is 46.9 cm³/mol. The highest BCUT2D eigenvalue weighted by Crippen LogP contribution is 2.15. The van der Waals surface area contributed by atoms with Crippen molar-refractivity contribution in [3.05, 3.63) is 29.3 Å². The van der Waals surface area contributed by atoms with Gasteiger partial charge in [-0.1, -0.05) is 12.1 Å². The van der Waals surface area contributed by atoms with Crippen LogP contribution < -0.4 is 5.73 Å². The summed E-state index contributed by atoms with van der Waals surface area (Å²) in [5.41, 5.74) is 6.52. The number of carboxylic acid groups (broad SMARTS) is 1. The van der Waals surface area contributed by atoms with E-state index in [-0.39, 0.29) is 12.0 Å². The van der Waals surface area contributed by atoms with Crippen LogP contribution in [0.25, 0.3) is 0 Å². The molecule has 0 fully saturated rings. The molecule has 1 rings (SSSR count). The van der Waals surface area contributed by atoms with E-state index in [0.717, 1.165) is 0 Å². The molecular formula is C9H8N2O2. The number of hydrogen-bond donors (Lipinski definition) is 2. The van der Waals surface area contributed by atoms with E-state index < -0.39 is 5.97 Å². The zero-order valence-electron chi connectivity index (χ0n) is 6.82. The van der Waals surface area contributed by atoms with E-state index in [0.29, 0.717) is 11.3 Å². The molecule has 4 heteroatoms. The Morgan fingerprint density at radius 3 is 2.85 bits per heavy atom. The van der Waals surface area contributed by atoms with Crippen molar-refractivity contribution in [3.8, 4) is 6.07 Å². The van der Waals surface area contributed by atoms with Crippen LogP contribution in [0.1, 0.15) is 11.1 Å². The Morgan fingerprint density at radius 2 is 2.31 bits per heavy atom. The second kappa shape index (κ2) is 3.59. The number of aliphatic carboxylic acids is 1. The lowest BCUT2D eigenvalue weighted by molar-refractivity contribution is -0.136.